The molecule has 0 fully saturated rings. The van der Waals surface area contributed by atoms with Crippen molar-refractivity contribution in [3.63, 3.8) is 0 Å². The first-order valence-corrected chi connectivity index (χ1v) is 7.14. The Morgan fingerprint density at radius 3 is 2.65 bits per heavy atom. The number of hydrogen-bond donors (Lipinski definition) is 2. The van der Waals surface area contributed by atoms with Gasteiger partial charge in [-0.15, -0.1) is 10.2 Å². The van der Waals surface area contributed by atoms with Gasteiger partial charge in [0.25, 0.3) is 0 Å². The van der Waals surface area contributed by atoms with Gasteiger partial charge in [0.1, 0.15) is 6.33 Å². The third-order valence-corrected chi connectivity index (χ3v) is 3.71. The lowest BCUT2D eigenvalue weighted by Gasteiger charge is -2.30. The number of nitrogens with zero attached hydrogens (tertiary/aromatic N) is 3. The lowest BCUT2D eigenvalue weighted by atomic mass is 9.76. The second-order valence-corrected chi connectivity index (χ2v) is 6.31. The summed E-state index contributed by atoms with van der Waals surface area (Å²) in [7, 11) is 1.86. The van der Waals surface area contributed by atoms with E-state index in [1.165, 1.54) is 0 Å². The van der Waals surface area contributed by atoms with Crippen LogP contribution in [0.15, 0.2) is 6.33 Å². The summed E-state index contributed by atoms with van der Waals surface area (Å²) >= 11 is 0. The number of nitrogens with two attached hydrogens (primary N) is 1. The minimum Gasteiger partial charge on any atom is -0.349 e. The van der Waals surface area contributed by atoms with Crippen LogP contribution in [0.3, 0.4) is 0 Å². The van der Waals surface area contributed by atoms with Gasteiger partial charge in [0.15, 0.2) is 5.82 Å². The fraction of sp³-hybridized carbons (Fsp3) is 0.786. The van der Waals surface area contributed by atoms with E-state index in [4.69, 9.17) is 5.73 Å². The van der Waals surface area contributed by atoms with Crippen LogP contribution in [0.25, 0.3) is 0 Å². The van der Waals surface area contributed by atoms with Gasteiger partial charge in [-0.25, -0.2) is 0 Å². The zero-order valence-electron chi connectivity index (χ0n) is 13.0. The zero-order chi connectivity index (χ0) is 15.2. The summed E-state index contributed by atoms with van der Waals surface area (Å²) in [5, 5.41) is 10.6. The molecule has 1 heterocycles. The standard InChI is InChI=1S/C14H27N5O/c1-14(2,3)11(7-8-15)5-6-13(20)16-9-12-18-17-10-19(12)4/h10-11H,5-9,15H2,1-4H3,(H,16,20). The van der Waals surface area contributed by atoms with Gasteiger partial charge in [0, 0.05) is 13.5 Å². The number of amides is 1. The number of nitrogens with one attached hydrogen (secondary N) is 1. The molecule has 1 amide bonds. The van der Waals surface area contributed by atoms with Crippen molar-refractivity contribution in [3.05, 3.63) is 12.2 Å². The summed E-state index contributed by atoms with van der Waals surface area (Å²) in [5.74, 6) is 1.28. The molecule has 0 aromatic carbocycles. The normalized spacial score (nSPS) is 13.2. The Hall–Kier alpha value is -1.43. The summed E-state index contributed by atoms with van der Waals surface area (Å²) in [6, 6.07) is 0. The third-order valence-electron chi connectivity index (χ3n) is 3.71. The van der Waals surface area contributed by atoms with Crippen molar-refractivity contribution >= 4 is 5.91 Å². The van der Waals surface area contributed by atoms with Gasteiger partial charge in [-0.1, -0.05) is 20.8 Å². The SMILES string of the molecule is Cn1cnnc1CNC(=O)CCC(CCN)C(C)(C)C. The summed E-state index contributed by atoms with van der Waals surface area (Å²) in [6.07, 6.45) is 3.98. The average molecular weight is 281 g/mol. The second-order valence-electron chi connectivity index (χ2n) is 6.31. The fourth-order valence-electron chi connectivity index (χ4n) is 2.25. The maximum Gasteiger partial charge on any atom is 0.220 e. The summed E-state index contributed by atoms with van der Waals surface area (Å²) in [6.45, 7) is 7.69. The Balaban J connectivity index is 2.36. The monoisotopic (exact) mass is 281 g/mol. The first kappa shape index (κ1) is 16.6. The number of rotatable bonds is 7. The van der Waals surface area contributed by atoms with E-state index in [2.05, 4.69) is 36.3 Å². The molecule has 1 aromatic rings. The number of carbonyl (C=O) groups excluding carboxylic acids is 1. The first-order valence-electron chi connectivity index (χ1n) is 7.14. The van der Waals surface area contributed by atoms with Crippen LogP contribution in [-0.4, -0.2) is 27.2 Å². The van der Waals surface area contributed by atoms with E-state index in [1.807, 2.05) is 7.05 Å². The molecule has 20 heavy (non-hydrogen) atoms. The van der Waals surface area contributed by atoms with E-state index in [1.54, 1.807) is 10.9 Å². The van der Waals surface area contributed by atoms with E-state index >= 15 is 0 Å². The smallest absolute Gasteiger partial charge is 0.220 e. The topological polar surface area (TPSA) is 85.8 Å². The number of carbonyl (C=O) groups is 1. The molecule has 0 bridgehead atoms. The molecule has 6 heteroatoms. The van der Waals surface area contributed by atoms with Crippen LogP contribution in [0, 0.1) is 11.3 Å². The maximum absolute atomic E-state index is 11.9. The van der Waals surface area contributed by atoms with Crippen LogP contribution in [0.4, 0.5) is 0 Å². The molecule has 0 aliphatic rings. The molecule has 3 N–H and O–H groups in total. The van der Waals surface area contributed by atoms with E-state index in [0.717, 1.165) is 18.7 Å². The Bertz CT molecular complexity index is 421. The first-order chi connectivity index (χ1) is 9.34. The highest BCUT2D eigenvalue weighted by molar-refractivity contribution is 5.75. The van der Waals surface area contributed by atoms with Crippen molar-refractivity contribution in [1.29, 1.82) is 0 Å². The Morgan fingerprint density at radius 2 is 2.15 bits per heavy atom. The highest BCUT2D eigenvalue weighted by Crippen LogP contribution is 2.31. The molecule has 0 saturated heterocycles. The fourth-order valence-corrected chi connectivity index (χ4v) is 2.25. The zero-order valence-corrected chi connectivity index (χ0v) is 13.0. The largest absolute Gasteiger partial charge is 0.349 e. The van der Waals surface area contributed by atoms with Crippen molar-refractivity contribution in [2.45, 2.75) is 46.6 Å². The van der Waals surface area contributed by atoms with Crippen molar-refractivity contribution in [3.8, 4) is 0 Å². The predicted octanol–water partition coefficient (Wildman–Crippen LogP) is 1.22. The minimum absolute atomic E-state index is 0.0549. The highest BCUT2D eigenvalue weighted by atomic mass is 16.1. The number of aryl methyl sites for hydroxylation is 1. The highest BCUT2D eigenvalue weighted by Gasteiger charge is 2.24. The molecule has 1 unspecified atom stereocenters. The molecule has 1 aromatic heterocycles. The van der Waals surface area contributed by atoms with Crippen molar-refractivity contribution in [2.75, 3.05) is 6.54 Å². The van der Waals surface area contributed by atoms with Crippen molar-refractivity contribution in [2.24, 2.45) is 24.1 Å². The number of aromatic nitrogens is 3. The lowest BCUT2D eigenvalue weighted by Crippen LogP contribution is -2.28. The Labute approximate surface area is 121 Å². The molecule has 114 valence electrons. The summed E-state index contributed by atoms with van der Waals surface area (Å²) < 4.78 is 1.80. The molecular formula is C14H27N5O. The van der Waals surface area contributed by atoms with Gasteiger partial charge in [0.05, 0.1) is 6.54 Å². The average Bonchev–Trinajstić information content (AvgIpc) is 2.76. The van der Waals surface area contributed by atoms with Crippen LogP contribution in [-0.2, 0) is 18.4 Å². The molecule has 1 rings (SSSR count). The number of hydrogen-bond acceptors (Lipinski definition) is 4. The molecule has 0 aliphatic carbocycles. The minimum atomic E-state index is 0.0549. The maximum atomic E-state index is 11.9. The second kappa shape index (κ2) is 7.38. The predicted molar refractivity (Wildman–Crippen MR) is 78.7 cm³/mol. The molecule has 0 spiro atoms. The van der Waals surface area contributed by atoms with Crippen molar-refractivity contribution < 1.29 is 4.79 Å². The van der Waals surface area contributed by atoms with E-state index in [-0.39, 0.29) is 11.3 Å². The molecule has 0 saturated carbocycles. The van der Waals surface area contributed by atoms with Gasteiger partial charge in [0.2, 0.25) is 5.91 Å². The van der Waals surface area contributed by atoms with Crippen LogP contribution >= 0.6 is 0 Å². The van der Waals surface area contributed by atoms with Gasteiger partial charge < -0.3 is 15.6 Å². The quantitative estimate of drug-likeness (QED) is 0.787. The van der Waals surface area contributed by atoms with Gasteiger partial charge in [-0.05, 0) is 30.7 Å². The van der Waals surface area contributed by atoms with E-state index in [9.17, 15) is 4.79 Å². The van der Waals surface area contributed by atoms with Crippen LogP contribution in [0.5, 0.6) is 0 Å². The molecular weight excluding hydrogens is 254 g/mol. The van der Waals surface area contributed by atoms with E-state index in [0.29, 0.717) is 25.4 Å². The van der Waals surface area contributed by atoms with Crippen LogP contribution in [0.2, 0.25) is 0 Å². The Kier molecular flexibility index (Phi) is 6.13. The molecule has 0 aliphatic heterocycles. The van der Waals surface area contributed by atoms with Gasteiger partial charge >= 0.3 is 0 Å². The summed E-state index contributed by atoms with van der Waals surface area (Å²) in [4.78, 5) is 11.9. The van der Waals surface area contributed by atoms with Crippen LogP contribution in [0.1, 0.15) is 45.9 Å². The molecule has 1 atom stereocenters. The molecule has 0 radical (unpaired) electrons. The third kappa shape index (κ3) is 5.28. The lowest BCUT2D eigenvalue weighted by molar-refractivity contribution is -0.121. The Morgan fingerprint density at radius 1 is 1.45 bits per heavy atom. The van der Waals surface area contributed by atoms with Crippen LogP contribution < -0.4 is 11.1 Å². The van der Waals surface area contributed by atoms with Gasteiger partial charge in [-0.3, -0.25) is 4.79 Å². The van der Waals surface area contributed by atoms with Crippen molar-refractivity contribution in [1.82, 2.24) is 20.1 Å². The summed E-state index contributed by atoms with van der Waals surface area (Å²) in [5.41, 5.74) is 5.84. The molecule has 6 nitrogen and oxygen atoms in total. The van der Waals surface area contributed by atoms with E-state index < -0.39 is 0 Å². The van der Waals surface area contributed by atoms with Gasteiger partial charge in [-0.2, -0.15) is 0 Å².